The predicted molar refractivity (Wildman–Crippen MR) is 70.9 cm³/mol. The van der Waals surface area contributed by atoms with Gasteiger partial charge in [0.2, 0.25) is 5.91 Å². The van der Waals surface area contributed by atoms with Gasteiger partial charge in [0.25, 0.3) is 0 Å². The molecule has 1 amide bonds. The smallest absolute Gasteiger partial charge is 0.335 e. The standard InChI is InChI=1S/C14H18N2O3/c17-13(16-12-5-6-12)7-8-15-9-10-1-3-11(4-2-10)14(18)19/h1-4,12,15H,5-9H2,(H,16,17)(H,18,19). The minimum atomic E-state index is -0.920. The van der Waals surface area contributed by atoms with Gasteiger partial charge in [-0.25, -0.2) is 4.79 Å². The van der Waals surface area contributed by atoms with Gasteiger partial charge in [0.1, 0.15) is 0 Å². The van der Waals surface area contributed by atoms with Gasteiger partial charge < -0.3 is 15.7 Å². The van der Waals surface area contributed by atoms with Crippen molar-refractivity contribution in [2.24, 2.45) is 0 Å². The van der Waals surface area contributed by atoms with Crippen molar-refractivity contribution in [3.8, 4) is 0 Å². The van der Waals surface area contributed by atoms with Crippen molar-refractivity contribution in [3.63, 3.8) is 0 Å². The molecule has 0 aliphatic heterocycles. The molecule has 0 aromatic heterocycles. The Morgan fingerprint density at radius 2 is 1.89 bits per heavy atom. The van der Waals surface area contributed by atoms with Gasteiger partial charge in [0.05, 0.1) is 5.56 Å². The molecule has 0 saturated heterocycles. The van der Waals surface area contributed by atoms with Crippen LogP contribution in [0.4, 0.5) is 0 Å². The van der Waals surface area contributed by atoms with Gasteiger partial charge in [-0.3, -0.25) is 4.79 Å². The summed E-state index contributed by atoms with van der Waals surface area (Å²) in [6.45, 7) is 1.26. The molecule has 5 heteroatoms. The summed E-state index contributed by atoms with van der Waals surface area (Å²) in [7, 11) is 0. The lowest BCUT2D eigenvalue weighted by Gasteiger charge is -2.06. The highest BCUT2D eigenvalue weighted by Crippen LogP contribution is 2.18. The van der Waals surface area contributed by atoms with E-state index in [9.17, 15) is 9.59 Å². The molecule has 2 rings (SSSR count). The minimum absolute atomic E-state index is 0.0937. The lowest BCUT2D eigenvalue weighted by molar-refractivity contribution is -0.121. The number of benzene rings is 1. The van der Waals surface area contributed by atoms with E-state index in [-0.39, 0.29) is 11.5 Å². The number of rotatable bonds is 7. The van der Waals surface area contributed by atoms with Crippen LogP contribution in [-0.4, -0.2) is 29.6 Å². The van der Waals surface area contributed by atoms with Crippen LogP contribution >= 0.6 is 0 Å². The molecular formula is C14H18N2O3. The van der Waals surface area contributed by atoms with Gasteiger partial charge in [-0.15, -0.1) is 0 Å². The number of carbonyl (C=O) groups is 2. The van der Waals surface area contributed by atoms with E-state index in [1.165, 1.54) is 0 Å². The zero-order chi connectivity index (χ0) is 13.7. The number of nitrogens with one attached hydrogen (secondary N) is 2. The van der Waals surface area contributed by atoms with E-state index in [1.807, 2.05) is 0 Å². The summed E-state index contributed by atoms with van der Waals surface area (Å²) in [5.41, 5.74) is 1.29. The molecule has 0 bridgehead atoms. The highest BCUT2D eigenvalue weighted by molar-refractivity contribution is 5.87. The third-order valence-electron chi connectivity index (χ3n) is 3.00. The number of hydrogen-bond acceptors (Lipinski definition) is 3. The van der Waals surface area contributed by atoms with Crippen LogP contribution in [0.1, 0.15) is 35.2 Å². The second kappa shape index (κ2) is 6.33. The molecule has 1 saturated carbocycles. The Kier molecular flexibility index (Phi) is 4.52. The Bertz CT molecular complexity index is 452. The van der Waals surface area contributed by atoms with Crippen LogP contribution in [0.5, 0.6) is 0 Å². The molecule has 3 N–H and O–H groups in total. The molecule has 0 spiro atoms. The monoisotopic (exact) mass is 262 g/mol. The molecule has 102 valence electrons. The van der Waals surface area contributed by atoms with Crippen LogP contribution in [0.25, 0.3) is 0 Å². The predicted octanol–water partition coefficient (Wildman–Crippen LogP) is 1.14. The Morgan fingerprint density at radius 3 is 2.47 bits per heavy atom. The maximum atomic E-state index is 11.4. The lowest BCUT2D eigenvalue weighted by atomic mass is 10.1. The number of hydrogen-bond donors (Lipinski definition) is 3. The van der Waals surface area contributed by atoms with Crippen molar-refractivity contribution < 1.29 is 14.7 Å². The molecule has 1 fully saturated rings. The fourth-order valence-electron chi connectivity index (χ4n) is 1.73. The third kappa shape index (κ3) is 4.71. The molecule has 0 atom stereocenters. The van der Waals surface area contributed by atoms with Crippen LogP contribution in [-0.2, 0) is 11.3 Å². The quantitative estimate of drug-likeness (QED) is 0.644. The summed E-state index contributed by atoms with van der Waals surface area (Å²) in [5.74, 6) is -0.826. The summed E-state index contributed by atoms with van der Waals surface area (Å²) >= 11 is 0. The molecule has 1 aliphatic carbocycles. The van der Waals surface area contributed by atoms with E-state index in [1.54, 1.807) is 24.3 Å². The Labute approximate surface area is 112 Å². The Balaban J connectivity index is 1.64. The minimum Gasteiger partial charge on any atom is -0.478 e. The fourth-order valence-corrected chi connectivity index (χ4v) is 1.73. The number of amides is 1. The van der Waals surface area contributed by atoms with Crippen LogP contribution in [0.2, 0.25) is 0 Å². The summed E-state index contributed by atoms with van der Waals surface area (Å²) in [6.07, 6.45) is 2.69. The van der Waals surface area contributed by atoms with Gasteiger partial charge in [-0.1, -0.05) is 12.1 Å². The SMILES string of the molecule is O=C(CCNCc1ccc(C(=O)O)cc1)NC1CC1. The second-order valence-corrected chi connectivity index (χ2v) is 4.77. The molecule has 0 radical (unpaired) electrons. The summed E-state index contributed by atoms with van der Waals surface area (Å²) in [4.78, 5) is 22.1. The average Bonchev–Trinajstić information content (AvgIpc) is 3.19. The fraction of sp³-hybridized carbons (Fsp3) is 0.429. The number of carbonyl (C=O) groups excluding carboxylic acids is 1. The first kappa shape index (κ1) is 13.5. The summed E-state index contributed by atoms with van der Waals surface area (Å²) in [5, 5.41) is 14.9. The van der Waals surface area contributed by atoms with Crippen LogP contribution in [0.3, 0.4) is 0 Å². The van der Waals surface area contributed by atoms with E-state index < -0.39 is 5.97 Å². The number of carboxylic acid groups (broad SMARTS) is 1. The molecule has 1 aromatic carbocycles. The van der Waals surface area contributed by atoms with Crippen molar-refractivity contribution >= 4 is 11.9 Å². The number of carboxylic acids is 1. The molecule has 0 heterocycles. The normalized spacial score (nSPS) is 14.1. The maximum Gasteiger partial charge on any atom is 0.335 e. The molecule has 0 unspecified atom stereocenters. The highest BCUT2D eigenvalue weighted by atomic mass is 16.4. The second-order valence-electron chi connectivity index (χ2n) is 4.77. The van der Waals surface area contributed by atoms with Crippen LogP contribution < -0.4 is 10.6 Å². The topological polar surface area (TPSA) is 78.4 Å². The lowest BCUT2D eigenvalue weighted by Crippen LogP contribution is -2.28. The van der Waals surface area contributed by atoms with Crippen molar-refractivity contribution in [1.82, 2.24) is 10.6 Å². The highest BCUT2D eigenvalue weighted by Gasteiger charge is 2.22. The van der Waals surface area contributed by atoms with Crippen LogP contribution in [0, 0.1) is 0 Å². The van der Waals surface area contributed by atoms with Gasteiger partial charge in [-0.05, 0) is 30.5 Å². The first-order chi connectivity index (χ1) is 9.15. The molecule has 1 aliphatic rings. The van der Waals surface area contributed by atoms with Crippen LogP contribution in [0.15, 0.2) is 24.3 Å². The Hall–Kier alpha value is -1.88. The largest absolute Gasteiger partial charge is 0.478 e. The van der Waals surface area contributed by atoms with E-state index in [0.717, 1.165) is 18.4 Å². The average molecular weight is 262 g/mol. The van der Waals surface area contributed by atoms with E-state index in [4.69, 9.17) is 5.11 Å². The van der Waals surface area contributed by atoms with Gasteiger partial charge >= 0.3 is 5.97 Å². The molecule has 1 aromatic rings. The third-order valence-corrected chi connectivity index (χ3v) is 3.00. The molecular weight excluding hydrogens is 244 g/mol. The van der Waals surface area contributed by atoms with Crippen molar-refractivity contribution in [2.75, 3.05) is 6.54 Å². The Morgan fingerprint density at radius 1 is 1.21 bits per heavy atom. The van der Waals surface area contributed by atoms with E-state index >= 15 is 0 Å². The van der Waals surface area contributed by atoms with Crippen molar-refractivity contribution in [1.29, 1.82) is 0 Å². The zero-order valence-corrected chi connectivity index (χ0v) is 10.7. The van der Waals surface area contributed by atoms with Crippen molar-refractivity contribution in [3.05, 3.63) is 35.4 Å². The molecule has 5 nitrogen and oxygen atoms in total. The summed E-state index contributed by atoms with van der Waals surface area (Å²) < 4.78 is 0. The van der Waals surface area contributed by atoms with E-state index in [2.05, 4.69) is 10.6 Å². The molecule has 19 heavy (non-hydrogen) atoms. The van der Waals surface area contributed by atoms with Crippen molar-refractivity contribution in [2.45, 2.75) is 31.8 Å². The zero-order valence-electron chi connectivity index (χ0n) is 10.7. The maximum absolute atomic E-state index is 11.4. The van der Waals surface area contributed by atoms with Gasteiger partial charge in [0.15, 0.2) is 0 Å². The van der Waals surface area contributed by atoms with Gasteiger partial charge in [0, 0.05) is 25.6 Å². The first-order valence-corrected chi connectivity index (χ1v) is 6.47. The first-order valence-electron chi connectivity index (χ1n) is 6.47. The van der Waals surface area contributed by atoms with Gasteiger partial charge in [-0.2, -0.15) is 0 Å². The number of aromatic carboxylic acids is 1. The summed E-state index contributed by atoms with van der Waals surface area (Å²) in [6, 6.07) is 7.13. The van der Waals surface area contributed by atoms with E-state index in [0.29, 0.717) is 25.6 Å².